The van der Waals surface area contributed by atoms with Gasteiger partial charge in [-0.2, -0.15) is 0 Å². The van der Waals surface area contributed by atoms with Gasteiger partial charge in [0.15, 0.2) is 6.10 Å². The average molecular weight is 222 g/mol. The van der Waals surface area contributed by atoms with E-state index in [0.29, 0.717) is 18.7 Å². The molecule has 0 spiro atoms. The van der Waals surface area contributed by atoms with Crippen LogP contribution in [0.2, 0.25) is 0 Å². The summed E-state index contributed by atoms with van der Waals surface area (Å²) in [6.45, 7) is 2.57. The molecule has 0 fully saturated rings. The van der Waals surface area contributed by atoms with Crippen LogP contribution >= 0.6 is 0 Å². The third-order valence-electron chi connectivity index (χ3n) is 2.30. The molecule has 1 unspecified atom stereocenters. The maximum absolute atomic E-state index is 11.1. The Hall–Kier alpha value is -1.55. The number of nitrogens with one attached hydrogen (secondary N) is 1. The molecule has 0 aliphatic heterocycles. The lowest BCUT2D eigenvalue weighted by atomic mass is 10.2. The van der Waals surface area contributed by atoms with E-state index >= 15 is 0 Å². The van der Waals surface area contributed by atoms with Crippen LogP contribution in [-0.4, -0.2) is 19.1 Å². The summed E-state index contributed by atoms with van der Waals surface area (Å²) in [5.41, 5.74) is 6.26. The second kappa shape index (κ2) is 6.12. The van der Waals surface area contributed by atoms with Crippen molar-refractivity contribution in [1.82, 2.24) is 5.32 Å². The first-order valence-electron chi connectivity index (χ1n) is 5.37. The Morgan fingerprint density at radius 3 is 2.75 bits per heavy atom. The molecule has 1 amide bonds. The molecule has 0 aliphatic rings. The molecule has 1 aromatic rings. The first-order valence-corrected chi connectivity index (χ1v) is 5.37. The second-order valence-electron chi connectivity index (χ2n) is 3.56. The Bertz CT molecular complexity index is 353. The number of rotatable bonds is 6. The van der Waals surface area contributed by atoms with Gasteiger partial charge in [0.05, 0.1) is 0 Å². The number of hydrogen-bond donors (Lipinski definition) is 2. The van der Waals surface area contributed by atoms with Gasteiger partial charge in [0.25, 0.3) is 5.91 Å². The van der Waals surface area contributed by atoms with E-state index in [-0.39, 0.29) is 0 Å². The van der Waals surface area contributed by atoms with Crippen molar-refractivity contribution in [2.24, 2.45) is 5.73 Å². The van der Waals surface area contributed by atoms with Gasteiger partial charge in [0.1, 0.15) is 5.75 Å². The van der Waals surface area contributed by atoms with Crippen molar-refractivity contribution >= 4 is 5.91 Å². The van der Waals surface area contributed by atoms with E-state index < -0.39 is 12.0 Å². The number of amides is 1. The Kier molecular flexibility index (Phi) is 4.79. The minimum Gasteiger partial charge on any atom is -0.480 e. The van der Waals surface area contributed by atoms with Gasteiger partial charge in [-0.15, -0.1) is 0 Å². The van der Waals surface area contributed by atoms with E-state index in [4.69, 9.17) is 10.5 Å². The highest BCUT2D eigenvalue weighted by Crippen LogP contribution is 2.19. The minimum atomic E-state index is -0.557. The fourth-order valence-corrected chi connectivity index (χ4v) is 1.45. The third kappa shape index (κ3) is 3.24. The molecule has 1 atom stereocenters. The Morgan fingerprint density at radius 1 is 1.50 bits per heavy atom. The van der Waals surface area contributed by atoms with Crippen LogP contribution in [-0.2, 0) is 11.3 Å². The number of para-hydroxylation sites is 1. The zero-order chi connectivity index (χ0) is 12.0. The van der Waals surface area contributed by atoms with E-state index in [1.165, 1.54) is 0 Å². The van der Waals surface area contributed by atoms with Crippen molar-refractivity contribution in [3.63, 3.8) is 0 Å². The van der Waals surface area contributed by atoms with Gasteiger partial charge >= 0.3 is 0 Å². The molecular formula is C12H18N2O2. The quantitative estimate of drug-likeness (QED) is 0.756. The van der Waals surface area contributed by atoms with Crippen molar-refractivity contribution in [2.45, 2.75) is 26.0 Å². The van der Waals surface area contributed by atoms with Crippen molar-refractivity contribution in [1.29, 1.82) is 0 Å². The number of nitrogens with two attached hydrogens (primary N) is 1. The van der Waals surface area contributed by atoms with Crippen LogP contribution in [0.3, 0.4) is 0 Å². The van der Waals surface area contributed by atoms with Crippen LogP contribution in [0.5, 0.6) is 5.75 Å². The Balaban J connectivity index is 2.82. The number of hydrogen-bond acceptors (Lipinski definition) is 3. The normalized spacial score (nSPS) is 12.1. The van der Waals surface area contributed by atoms with E-state index in [1.807, 2.05) is 38.2 Å². The van der Waals surface area contributed by atoms with Crippen molar-refractivity contribution < 1.29 is 9.53 Å². The van der Waals surface area contributed by atoms with Crippen molar-refractivity contribution in [3.05, 3.63) is 29.8 Å². The average Bonchev–Trinajstić information content (AvgIpc) is 2.27. The topological polar surface area (TPSA) is 64.3 Å². The third-order valence-corrected chi connectivity index (χ3v) is 2.30. The molecule has 4 nitrogen and oxygen atoms in total. The molecule has 0 radical (unpaired) electrons. The predicted octanol–water partition coefficient (Wildman–Crippen LogP) is 1.05. The molecule has 0 saturated carbocycles. The molecule has 4 heteroatoms. The summed E-state index contributed by atoms with van der Waals surface area (Å²) in [4.78, 5) is 11.1. The van der Waals surface area contributed by atoms with Crippen molar-refractivity contribution in [2.75, 3.05) is 7.05 Å². The minimum absolute atomic E-state index is 0.429. The molecule has 1 rings (SSSR count). The fraction of sp³-hybridized carbons (Fsp3) is 0.417. The summed E-state index contributed by atoms with van der Waals surface area (Å²) in [5.74, 6) is 0.282. The summed E-state index contributed by atoms with van der Waals surface area (Å²) >= 11 is 0. The Labute approximate surface area is 95.8 Å². The summed E-state index contributed by atoms with van der Waals surface area (Å²) in [6.07, 6.45) is 0.0152. The summed E-state index contributed by atoms with van der Waals surface area (Å²) in [7, 11) is 1.86. The lowest BCUT2D eigenvalue weighted by Gasteiger charge is -2.16. The van der Waals surface area contributed by atoms with Crippen LogP contribution < -0.4 is 15.8 Å². The molecule has 0 saturated heterocycles. The molecule has 0 aliphatic carbocycles. The highest BCUT2D eigenvalue weighted by atomic mass is 16.5. The summed E-state index contributed by atoms with van der Waals surface area (Å²) in [5, 5.41) is 3.05. The number of carbonyl (C=O) groups is 1. The maximum atomic E-state index is 11.1. The first-order chi connectivity index (χ1) is 7.69. The van der Waals surface area contributed by atoms with Gasteiger partial charge in [0.2, 0.25) is 0 Å². The smallest absolute Gasteiger partial charge is 0.258 e. The zero-order valence-corrected chi connectivity index (χ0v) is 9.69. The number of ether oxygens (including phenoxy) is 1. The predicted molar refractivity (Wildman–Crippen MR) is 63.1 cm³/mol. The number of benzene rings is 1. The summed E-state index contributed by atoms with van der Waals surface area (Å²) in [6, 6.07) is 7.62. The molecule has 0 aromatic heterocycles. The Morgan fingerprint density at radius 2 is 2.19 bits per heavy atom. The first kappa shape index (κ1) is 12.5. The van der Waals surface area contributed by atoms with Gasteiger partial charge in [-0.1, -0.05) is 25.1 Å². The van der Waals surface area contributed by atoms with Crippen molar-refractivity contribution in [3.8, 4) is 5.75 Å². The molecular weight excluding hydrogens is 204 g/mol. The van der Waals surface area contributed by atoms with E-state index in [2.05, 4.69) is 5.32 Å². The summed E-state index contributed by atoms with van der Waals surface area (Å²) < 4.78 is 5.59. The highest BCUT2D eigenvalue weighted by Gasteiger charge is 2.15. The molecule has 0 bridgehead atoms. The van der Waals surface area contributed by atoms with Crippen LogP contribution in [0.25, 0.3) is 0 Å². The lowest BCUT2D eigenvalue weighted by molar-refractivity contribution is -0.124. The van der Waals surface area contributed by atoms with Gasteiger partial charge < -0.3 is 15.8 Å². The number of primary amides is 1. The van der Waals surface area contributed by atoms with Gasteiger partial charge in [-0.05, 0) is 19.5 Å². The standard InChI is InChI=1S/C12H18N2O2/c1-3-10(12(13)15)16-11-7-5-4-6-9(11)8-14-2/h4-7,10,14H,3,8H2,1-2H3,(H2,13,15). The molecule has 3 N–H and O–H groups in total. The number of carbonyl (C=O) groups excluding carboxylic acids is 1. The second-order valence-corrected chi connectivity index (χ2v) is 3.56. The van der Waals surface area contributed by atoms with Gasteiger partial charge in [-0.3, -0.25) is 4.79 Å². The van der Waals surface area contributed by atoms with E-state index in [9.17, 15) is 4.79 Å². The zero-order valence-electron chi connectivity index (χ0n) is 9.69. The fourth-order valence-electron chi connectivity index (χ4n) is 1.45. The molecule has 16 heavy (non-hydrogen) atoms. The highest BCUT2D eigenvalue weighted by molar-refractivity contribution is 5.79. The molecule has 0 heterocycles. The van der Waals surface area contributed by atoms with Gasteiger partial charge in [-0.25, -0.2) is 0 Å². The molecule has 1 aromatic carbocycles. The van der Waals surface area contributed by atoms with Gasteiger partial charge in [0, 0.05) is 12.1 Å². The molecule has 88 valence electrons. The maximum Gasteiger partial charge on any atom is 0.258 e. The SMILES string of the molecule is CCC(Oc1ccccc1CNC)C(N)=O. The largest absolute Gasteiger partial charge is 0.480 e. The van der Waals surface area contributed by atoms with E-state index in [1.54, 1.807) is 0 Å². The van der Waals surface area contributed by atoms with E-state index in [0.717, 1.165) is 5.56 Å². The van der Waals surface area contributed by atoms with Crippen LogP contribution in [0.15, 0.2) is 24.3 Å². The van der Waals surface area contributed by atoms with Crippen LogP contribution in [0, 0.1) is 0 Å². The lowest BCUT2D eigenvalue weighted by Crippen LogP contribution is -2.33. The van der Waals surface area contributed by atoms with Crippen LogP contribution in [0.4, 0.5) is 0 Å². The van der Waals surface area contributed by atoms with Crippen LogP contribution in [0.1, 0.15) is 18.9 Å². The monoisotopic (exact) mass is 222 g/mol.